The van der Waals surface area contributed by atoms with Crippen molar-refractivity contribution in [3.8, 4) is 0 Å². The van der Waals surface area contributed by atoms with Crippen LogP contribution < -0.4 is 5.32 Å². The van der Waals surface area contributed by atoms with E-state index in [2.05, 4.69) is 30.4 Å². The molecule has 1 aliphatic heterocycles. The van der Waals surface area contributed by atoms with Gasteiger partial charge in [-0.25, -0.2) is 9.98 Å². The second-order valence-electron chi connectivity index (χ2n) is 5.98. The van der Waals surface area contributed by atoms with Gasteiger partial charge in [0.25, 0.3) is 0 Å². The first-order valence-corrected chi connectivity index (χ1v) is 8.19. The highest BCUT2D eigenvalue weighted by Crippen LogP contribution is 2.24. The standard InChI is InChI=1S/C15H27N7O2.HI/c1-21(2)13(23)10-17-15(16-6-9-24-3)22-7-4-12(5-8-22)14-18-11-19-20-14;/h11-12H,4-10H2,1-3H3,(H,16,17)(H,18,19,20);1H. The van der Waals surface area contributed by atoms with E-state index >= 15 is 0 Å². The fourth-order valence-corrected chi connectivity index (χ4v) is 2.59. The van der Waals surface area contributed by atoms with Gasteiger partial charge in [0.05, 0.1) is 6.61 Å². The fraction of sp³-hybridized carbons (Fsp3) is 0.733. The molecule has 2 N–H and O–H groups in total. The van der Waals surface area contributed by atoms with E-state index in [1.807, 2.05) is 0 Å². The summed E-state index contributed by atoms with van der Waals surface area (Å²) in [5.41, 5.74) is 0. The molecule has 2 rings (SSSR count). The van der Waals surface area contributed by atoms with Crippen molar-refractivity contribution < 1.29 is 9.53 Å². The van der Waals surface area contributed by atoms with Crippen LogP contribution in [0.25, 0.3) is 0 Å². The molecule has 25 heavy (non-hydrogen) atoms. The number of hydrogen-bond acceptors (Lipinski definition) is 5. The Morgan fingerprint density at radius 1 is 1.48 bits per heavy atom. The second kappa shape index (κ2) is 11.2. The molecule has 0 bridgehead atoms. The van der Waals surface area contributed by atoms with Gasteiger partial charge in [0.15, 0.2) is 5.96 Å². The van der Waals surface area contributed by atoms with Crippen LogP contribution in [0.4, 0.5) is 0 Å². The molecule has 0 spiro atoms. The quantitative estimate of drug-likeness (QED) is 0.271. The van der Waals surface area contributed by atoms with Crippen LogP contribution in [0.3, 0.4) is 0 Å². The number of likely N-dealkylation sites (tertiary alicyclic amines) is 1. The molecule has 1 saturated heterocycles. The maximum atomic E-state index is 11.8. The summed E-state index contributed by atoms with van der Waals surface area (Å²) in [6.45, 7) is 3.12. The Kier molecular flexibility index (Phi) is 9.71. The number of hydrogen-bond donors (Lipinski definition) is 2. The number of nitrogens with zero attached hydrogens (tertiary/aromatic N) is 5. The number of nitrogens with one attached hydrogen (secondary N) is 2. The lowest BCUT2D eigenvalue weighted by molar-refractivity contribution is -0.127. The van der Waals surface area contributed by atoms with Gasteiger partial charge < -0.3 is 19.9 Å². The first-order chi connectivity index (χ1) is 11.6. The Hall–Kier alpha value is -1.43. The number of piperidine rings is 1. The van der Waals surface area contributed by atoms with Crippen LogP contribution in [0.15, 0.2) is 11.3 Å². The Morgan fingerprint density at radius 2 is 2.20 bits per heavy atom. The lowest BCUT2D eigenvalue weighted by Crippen LogP contribution is -2.46. The summed E-state index contributed by atoms with van der Waals surface area (Å²) >= 11 is 0. The third kappa shape index (κ3) is 6.77. The molecule has 0 radical (unpaired) electrons. The first-order valence-electron chi connectivity index (χ1n) is 8.19. The lowest BCUT2D eigenvalue weighted by Gasteiger charge is -2.33. The average Bonchev–Trinajstić information content (AvgIpc) is 3.12. The molecule has 0 atom stereocenters. The molecule has 1 amide bonds. The highest BCUT2D eigenvalue weighted by Gasteiger charge is 2.24. The molecule has 9 nitrogen and oxygen atoms in total. The summed E-state index contributed by atoms with van der Waals surface area (Å²) in [5, 5.41) is 10.2. The van der Waals surface area contributed by atoms with E-state index in [1.54, 1.807) is 32.4 Å². The molecule has 10 heteroatoms. The SMILES string of the molecule is COCCNC(=NCC(=O)N(C)C)N1CCC(c2ncn[nH]2)CC1.I. The van der Waals surface area contributed by atoms with Crippen LogP contribution in [0.2, 0.25) is 0 Å². The molecular formula is C15H28IN7O2. The van der Waals surface area contributed by atoms with Crippen LogP contribution in [-0.2, 0) is 9.53 Å². The zero-order valence-electron chi connectivity index (χ0n) is 15.1. The largest absolute Gasteiger partial charge is 0.383 e. The monoisotopic (exact) mass is 465 g/mol. The Bertz CT molecular complexity index is 528. The van der Waals surface area contributed by atoms with E-state index in [-0.39, 0.29) is 36.4 Å². The van der Waals surface area contributed by atoms with Crippen LogP contribution in [0.5, 0.6) is 0 Å². The third-order valence-electron chi connectivity index (χ3n) is 4.07. The van der Waals surface area contributed by atoms with Crippen LogP contribution in [0.1, 0.15) is 24.6 Å². The van der Waals surface area contributed by atoms with Gasteiger partial charge in [-0.1, -0.05) is 0 Å². The van der Waals surface area contributed by atoms with Gasteiger partial charge in [-0.05, 0) is 12.8 Å². The van der Waals surface area contributed by atoms with Crippen molar-refractivity contribution in [2.24, 2.45) is 4.99 Å². The van der Waals surface area contributed by atoms with E-state index in [9.17, 15) is 4.79 Å². The Morgan fingerprint density at radius 3 is 2.76 bits per heavy atom. The van der Waals surface area contributed by atoms with Crippen molar-refractivity contribution in [3.63, 3.8) is 0 Å². The number of halogens is 1. The summed E-state index contributed by atoms with van der Waals surface area (Å²) in [6.07, 6.45) is 3.50. The molecule has 1 fully saturated rings. The summed E-state index contributed by atoms with van der Waals surface area (Å²) in [7, 11) is 5.13. The molecule has 1 aromatic rings. The summed E-state index contributed by atoms with van der Waals surface area (Å²) in [5.74, 6) is 2.09. The minimum Gasteiger partial charge on any atom is -0.383 e. The second-order valence-corrected chi connectivity index (χ2v) is 5.98. The number of aromatic amines is 1. The van der Waals surface area contributed by atoms with Gasteiger partial charge in [-0.3, -0.25) is 9.89 Å². The topological polar surface area (TPSA) is 98.7 Å². The van der Waals surface area contributed by atoms with Crippen molar-refractivity contribution in [2.45, 2.75) is 18.8 Å². The minimum absolute atomic E-state index is 0. The number of aliphatic imine (C=N–C) groups is 1. The molecule has 1 aliphatic rings. The maximum absolute atomic E-state index is 11.8. The molecule has 0 saturated carbocycles. The Labute approximate surface area is 165 Å². The average molecular weight is 465 g/mol. The number of guanidine groups is 1. The van der Waals surface area contributed by atoms with Gasteiger partial charge in [0.1, 0.15) is 18.7 Å². The number of rotatable bonds is 6. The van der Waals surface area contributed by atoms with Crippen LogP contribution >= 0.6 is 24.0 Å². The highest BCUT2D eigenvalue weighted by molar-refractivity contribution is 14.0. The predicted octanol–water partition coefficient (Wildman–Crippen LogP) is 0.282. The zero-order chi connectivity index (χ0) is 17.4. The smallest absolute Gasteiger partial charge is 0.243 e. The normalized spacial score (nSPS) is 15.6. The molecule has 2 heterocycles. The number of carbonyl (C=O) groups is 1. The van der Waals surface area contributed by atoms with Gasteiger partial charge in [-0.15, -0.1) is 24.0 Å². The number of ether oxygens (including phenoxy) is 1. The van der Waals surface area contributed by atoms with Crippen LogP contribution in [-0.4, -0.2) is 90.8 Å². The number of H-pyrrole nitrogens is 1. The molecule has 0 aliphatic carbocycles. The van der Waals surface area contributed by atoms with Crippen molar-refractivity contribution in [1.82, 2.24) is 30.3 Å². The molecule has 0 unspecified atom stereocenters. The van der Waals surface area contributed by atoms with E-state index < -0.39 is 0 Å². The first kappa shape index (κ1) is 21.6. The predicted molar refractivity (Wildman–Crippen MR) is 106 cm³/mol. The van der Waals surface area contributed by atoms with E-state index in [0.29, 0.717) is 19.1 Å². The minimum atomic E-state index is -0.0161. The molecule has 0 aromatic carbocycles. The zero-order valence-corrected chi connectivity index (χ0v) is 17.4. The lowest BCUT2D eigenvalue weighted by atomic mass is 9.96. The number of methoxy groups -OCH3 is 1. The molecule has 1 aromatic heterocycles. The van der Waals surface area contributed by atoms with Gasteiger partial charge in [-0.2, -0.15) is 5.10 Å². The van der Waals surface area contributed by atoms with Crippen molar-refractivity contribution in [3.05, 3.63) is 12.2 Å². The van der Waals surface area contributed by atoms with E-state index in [1.165, 1.54) is 0 Å². The van der Waals surface area contributed by atoms with Crippen molar-refractivity contribution in [2.75, 3.05) is 54.0 Å². The van der Waals surface area contributed by atoms with E-state index in [4.69, 9.17) is 4.74 Å². The highest BCUT2D eigenvalue weighted by atomic mass is 127. The van der Waals surface area contributed by atoms with Crippen LogP contribution in [0, 0.1) is 0 Å². The number of amides is 1. The number of likely N-dealkylation sites (N-methyl/N-ethyl adjacent to an activating group) is 1. The molecular weight excluding hydrogens is 437 g/mol. The van der Waals surface area contributed by atoms with Crippen molar-refractivity contribution >= 4 is 35.8 Å². The summed E-state index contributed by atoms with van der Waals surface area (Å²) in [4.78, 5) is 24.3. The summed E-state index contributed by atoms with van der Waals surface area (Å²) in [6, 6.07) is 0. The number of aromatic nitrogens is 3. The van der Waals surface area contributed by atoms with Crippen molar-refractivity contribution in [1.29, 1.82) is 0 Å². The Balaban J connectivity index is 0.00000312. The number of carbonyl (C=O) groups excluding carboxylic acids is 1. The third-order valence-corrected chi connectivity index (χ3v) is 4.07. The maximum Gasteiger partial charge on any atom is 0.243 e. The van der Waals surface area contributed by atoms with Gasteiger partial charge >= 0.3 is 0 Å². The molecule has 142 valence electrons. The van der Waals surface area contributed by atoms with Gasteiger partial charge in [0, 0.05) is 46.8 Å². The van der Waals surface area contributed by atoms with Gasteiger partial charge in [0.2, 0.25) is 5.91 Å². The fourth-order valence-electron chi connectivity index (χ4n) is 2.59. The summed E-state index contributed by atoms with van der Waals surface area (Å²) < 4.78 is 5.08. The van der Waals surface area contributed by atoms with E-state index in [0.717, 1.165) is 37.7 Å².